The third-order valence-electron chi connectivity index (χ3n) is 3.73. The molecule has 0 aliphatic heterocycles. The van der Waals surface area contributed by atoms with Gasteiger partial charge in [0.05, 0.1) is 0 Å². The summed E-state index contributed by atoms with van der Waals surface area (Å²) in [5.74, 6) is 0.298. The van der Waals surface area contributed by atoms with Gasteiger partial charge in [0.25, 0.3) is 0 Å². The maximum absolute atomic E-state index is 12.2. The SMILES string of the molecule is Cc1cc(=O)oc2cc(NC(=O)CC(C)CC(C)(C)C)ccc12. The van der Waals surface area contributed by atoms with E-state index >= 15 is 0 Å². The largest absolute Gasteiger partial charge is 0.423 e. The Kier molecular flexibility index (Phi) is 4.93. The van der Waals surface area contributed by atoms with Gasteiger partial charge in [-0.05, 0) is 42.4 Å². The highest BCUT2D eigenvalue weighted by atomic mass is 16.4. The van der Waals surface area contributed by atoms with E-state index in [1.165, 1.54) is 6.07 Å². The summed E-state index contributed by atoms with van der Waals surface area (Å²) in [5.41, 5.74) is 1.85. The van der Waals surface area contributed by atoms with E-state index in [1.807, 2.05) is 19.1 Å². The van der Waals surface area contributed by atoms with Gasteiger partial charge < -0.3 is 9.73 Å². The predicted molar refractivity (Wildman–Crippen MR) is 93.7 cm³/mol. The normalized spacial score (nSPS) is 13.1. The first-order valence-electron chi connectivity index (χ1n) is 7.98. The number of rotatable bonds is 4. The minimum atomic E-state index is -0.378. The number of amides is 1. The molecule has 0 spiro atoms. The van der Waals surface area contributed by atoms with Crippen LogP contribution in [0.25, 0.3) is 11.0 Å². The summed E-state index contributed by atoms with van der Waals surface area (Å²) in [6.07, 6.45) is 1.47. The summed E-state index contributed by atoms with van der Waals surface area (Å²) >= 11 is 0. The highest BCUT2D eigenvalue weighted by Crippen LogP contribution is 2.26. The van der Waals surface area contributed by atoms with Crippen molar-refractivity contribution < 1.29 is 9.21 Å². The van der Waals surface area contributed by atoms with Crippen molar-refractivity contribution in [2.24, 2.45) is 11.3 Å². The van der Waals surface area contributed by atoms with Gasteiger partial charge in [0, 0.05) is 29.6 Å². The van der Waals surface area contributed by atoms with Gasteiger partial charge in [-0.1, -0.05) is 27.7 Å². The molecule has 0 aliphatic rings. The summed E-state index contributed by atoms with van der Waals surface area (Å²) in [6, 6.07) is 6.87. The van der Waals surface area contributed by atoms with E-state index in [2.05, 4.69) is 33.0 Å². The molecule has 1 amide bonds. The molecule has 1 heterocycles. The first-order chi connectivity index (χ1) is 10.6. The van der Waals surface area contributed by atoms with Crippen LogP contribution in [0.2, 0.25) is 0 Å². The van der Waals surface area contributed by atoms with Crippen molar-refractivity contribution in [2.75, 3.05) is 5.32 Å². The predicted octanol–water partition coefficient (Wildman–Crippen LogP) is 4.50. The van der Waals surface area contributed by atoms with Gasteiger partial charge in [-0.15, -0.1) is 0 Å². The average Bonchev–Trinajstić information content (AvgIpc) is 2.34. The molecule has 1 atom stereocenters. The zero-order valence-corrected chi connectivity index (χ0v) is 14.5. The van der Waals surface area contributed by atoms with Crippen molar-refractivity contribution in [3.8, 4) is 0 Å². The van der Waals surface area contributed by atoms with E-state index in [-0.39, 0.29) is 16.9 Å². The highest BCUT2D eigenvalue weighted by molar-refractivity contribution is 5.93. The molecule has 4 heteroatoms. The van der Waals surface area contributed by atoms with Crippen molar-refractivity contribution >= 4 is 22.6 Å². The van der Waals surface area contributed by atoms with Crippen LogP contribution >= 0.6 is 0 Å². The quantitative estimate of drug-likeness (QED) is 0.845. The number of anilines is 1. The molecule has 2 rings (SSSR count). The number of carbonyl (C=O) groups excluding carboxylic acids is 1. The van der Waals surface area contributed by atoms with E-state index in [0.717, 1.165) is 17.4 Å². The smallest absolute Gasteiger partial charge is 0.336 e. The second-order valence-electron chi connectivity index (χ2n) is 7.58. The van der Waals surface area contributed by atoms with Crippen molar-refractivity contribution in [2.45, 2.75) is 47.5 Å². The Morgan fingerprint density at radius 3 is 2.61 bits per heavy atom. The van der Waals surface area contributed by atoms with Crippen molar-refractivity contribution in [1.82, 2.24) is 0 Å². The molecule has 0 saturated heterocycles. The van der Waals surface area contributed by atoms with Gasteiger partial charge in [0.1, 0.15) is 5.58 Å². The maximum Gasteiger partial charge on any atom is 0.336 e. The number of aryl methyl sites for hydroxylation is 1. The summed E-state index contributed by atoms with van der Waals surface area (Å²) < 4.78 is 5.20. The third-order valence-corrected chi connectivity index (χ3v) is 3.73. The van der Waals surface area contributed by atoms with Crippen LogP contribution in [0.3, 0.4) is 0 Å². The van der Waals surface area contributed by atoms with Gasteiger partial charge in [0.15, 0.2) is 0 Å². The number of fused-ring (bicyclic) bond motifs is 1. The lowest BCUT2D eigenvalue weighted by molar-refractivity contribution is -0.117. The standard InChI is InChI=1S/C19H25NO3/c1-12(11-19(3,4)5)8-17(21)20-14-6-7-15-13(2)9-18(22)23-16(15)10-14/h6-7,9-10,12H,8,11H2,1-5H3,(H,20,21). The molecule has 0 radical (unpaired) electrons. The van der Waals surface area contributed by atoms with Gasteiger partial charge in [0.2, 0.25) is 5.91 Å². The maximum atomic E-state index is 12.2. The topological polar surface area (TPSA) is 59.3 Å². The van der Waals surface area contributed by atoms with Crippen molar-refractivity contribution in [3.63, 3.8) is 0 Å². The first kappa shape index (κ1) is 17.3. The molecular formula is C19H25NO3. The Bertz CT molecular complexity index is 768. The minimum absolute atomic E-state index is 0.0175. The summed E-state index contributed by atoms with van der Waals surface area (Å²) in [4.78, 5) is 23.6. The van der Waals surface area contributed by atoms with E-state index in [9.17, 15) is 9.59 Å². The molecule has 4 nitrogen and oxygen atoms in total. The first-order valence-corrected chi connectivity index (χ1v) is 7.98. The van der Waals surface area contributed by atoms with Crippen LogP contribution in [0, 0.1) is 18.3 Å². The molecule has 1 N–H and O–H groups in total. The summed E-state index contributed by atoms with van der Waals surface area (Å²) in [6.45, 7) is 10.5. The molecule has 1 unspecified atom stereocenters. The van der Waals surface area contributed by atoms with E-state index in [1.54, 1.807) is 6.07 Å². The fourth-order valence-electron chi connectivity index (χ4n) is 3.05. The second-order valence-corrected chi connectivity index (χ2v) is 7.58. The lowest BCUT2D eigenvalue weighted by Crippen LogP contribution is -2.18. The van der Waals surface area contributed by atoms with Gasteiger partial charge in [-0.2, -0.15) is 0 Å². The van der Waals surface area contributed by atoms with E-state index in [4.69, 9.17) is 4.42 Å². The molecule has 0 saturated carbocycles. The van der Waals surface area contributed by atoms with Gasteiger partial charge in [-0.3, -0.25) is 4.79 Å². The molecule has 1 aromatic heterocycles. The number of nitrogens with one attached hydrogen (secondary N) is 1. The van der Waals surface area contributed by atoms with Crippen LogP contribution in [0.4, 0.5) is 5.69 Å². The lowest BCUT2D eigenvalue weighted by atomic mass is 9.84. The van der Waals surface area contributed by atoms with Crippen LogP contribution < -0.4 is 10.9 Å². The Balaban J connectivity index is 2.09. The molecular weight excluding hydrogens is 290 g/mol. The van der Waals surface area contributed by atoms with Crippen LogP contribution in [0.5, 0.6) is 0 Å². The molecule has 0 bridgehead atoms. The molecule has 124 valence electrons. The number of carbonyl (C=O) groups is 1. The molecule has 23 heavy (non-hydrogen) atoms. The van der Waals surface area contributed by atoms with Crippen LogP contribution in [-0.2, 0) is 4.79 Å². The van der Waals surface area contributed by atoms with E-state index in [0.29, 0.717) is 23.6 Å². The fraction of sp³-hybridized carbons (Fsp3) is 0.474. The summed E-state index contributed by atoms with van der Waals surface area (Å²) in [5, 5.41) is 3.77. The number of hydrogen-bond donors (Lipinski definition) is 1. The summed E-state index contributed by atoms with van der Waals surface area (Å²) in [7, 11) is 0. The Labute approximate surface area is 136 Å². The zero-order chi connectivity index (χ0) is 17.2. The fourth-order valence-corrected chi connectivity index (χ4v) is 3.05. The number of benzene rings is 1. The average molecular weight is 315 g/mol. The van der Waals surface area contributed by atoms with Crippen molar-refractivity contribution in [1.29, 1.82) is 0 Å². The van der Waals surface area contributed by atoms with Crippen molar-refractivity contribution in [3.05, 3.63) is 40.2 Å². The molecule has 0 fully saturated rings. The van der Waals surface area contributed by atoms with Crippen LogP contribution in [0.1, 0.15) is 46.1 Å². The Hall–Kier alpha value is -2.10. The minimum Gasteiger partial charge on any atom is -0.423 e. The monoisotopic (exact) mass is 315 g/mol. The lowest BCUT2D eigenvalue weighted by Gasteiger charge is -2.22. The zero-order valence-electron chi connectivity index (χ0n) is 14.5. The van der Waals surface area contributed by atoms with Gasteiger partial charge in [-0.25, -0.2) is 4.79 Å². The van der Waals surface area contributed by atoms with Crippen LogP contribution in [0.15, 0.2) is 33.5 Å². The Morgan fingerprint density at radius 1 is 1.26 bits per heavy atom. The second kappa shape index (κ2) is 6.57. The van der Waals surface area contributed by atoms with Crippen LogP contribution in [-0.4, -0.2) is 5.91 Å². The number of hydrogen-bond acceptors (Lipinski definition) is 3. The molecule has 2 aromatic rings. The molecule has 0 aliphatic carbocycles. The third kappa shape index (κ3) is 4.95. The van der Waals surface area contributed by atoms with Gasteiger partial charge >= 0.3 is 5.63 Å². The van der Waals surface area contributed by atoms with E-state index < -0.39 is 0 Å². The highest BCUT2D eigenvalue weighted by Gasteiger charge is 2.18. The molecule has 1 aromatic carbocycles. The Morgan fingerprint density at radius 2 is 1.96 bits per heavy atom.